The number of piperazine rings is 1. The van der Waals surface area contributed by atoms with Crippen molar-refractivity contribution in [2.24, 2.45) is 5.92 Å². The Labute approximate surface area is 142 Å². The normalized spacial score (nSPS) is 28.8. The molecule has 1 aromatic rings. The van der Waals surface area contributed by atoms with Crippen molar-refractivity contribution in [3.05, 3.63) is 28.4 Å². The summed E-state index contributed by atoms with van der Waals surface area (Å²) in [7, 11) is 0. The third-order valence-corrected chi connectivity index (χ3v) is 5.36. The lowest BCUT2D eigenvalue weighted by atomic mass is 9.79. The quantitative estimate of drug-likeness (QED) is 0.670. The van der Waals surface area contributed by atoms with Crippen LogP contribution in [0.2, 0.25) is 0 Å². The summed E-state index contributed by atoms with van der Waals surface area (Å²) in [5.41, 5.74) is -0.508. The zero-order valence-electron chi connectivity index (χ0n) is 14.2. The number of pyridine rings is 1. The van der Waals surface area contributed by atoms with Gasteiger partial charge in [-0.3, -0.25) is 15.0 Å². The molecule has 2 fully saturated rings. The van der Waals surface area contributed by atoms with Gasteiger partial charge < -0.3 is 10.0 Å². The van der Waals surface area contributed by atoms with E-state index in [1.807, 2.05) is 0 Å². The van der Waals surface area contributed by atoms with Crippen molar-refractivity contribution in [2.45, 2.75) is 38.2 Å². The van der Waals surface area contributed by atoms with Gasteiger partial charge in [-0.05, 0) is 37.7 Å². The summed E-state index contributed by atoms with van der Waals surface area (Å²) in [5.74, 6) is 1.51. The fourth-order valence-electron chi connectivity index (χ4n) is 3.68. The maximum absolute atomic E-state index is 10.8. The minimum atomic E-state index is -0.527. The summed E-state index contributed by atoms with van der Waals surface area (Å²) in [5, 5.41) is 21.5. The minimum absolute atomic E-state index is 0.0196. The molecule has 24 heavy (non-hydrogen) atoms. The predicted molar refractivity (Wildman–Crippen MR) is 92.1 cm³/mol. The van der Waals surface area contributed by atoms with Gasteiger partial charge in [-0.25, -0.2) is 4.98 Å². The van der Waals surface area contributed by atoms with Crippen LogP contribution in [0.3, 0.4) is 0 Å². The predicted octanol–water partition coefficient (Wildman–Crippen LogP) is 2.05. The van der Waals surface area contributed by atoms with Crippen molar-refractivity contribution in [3.63, 3.8) is 0 Å². The Morgan fingerprint density at radius 3 is 2.50 bits per heavy atom. The molecule has 132 valence electrons. The standard InChI is InChI=1S/C17H26N4O3/c1-14-4-6-17(22,7-5-14)13-19-8-10-20(11-9-19)16-3-2-15(12-18-16)21(23)24/h2-3,12,14,22H,4-11,13H2,1H3. The topological polar surface area (TPSA) is 82.7 Å². The molecular formula is C17H26N4O3. The van der Waals surface area contributed by atoms with Gasteiger partial charge in [-0.2, -0.15) is 0 Å². The summed E-state index contributed by atoms with van der Waals surface area (Å²) in [6.07, 6.45) is 5.34. The van der Waals surface area contributed by atoms with E-state index in [1.165, 1.54) is 12.3 Å². The second-order valence-corrected chi connectivity index (χ2v) is 7.30. The zero-order valence-corrected chi connectivity index (χ0v) is 14.2. The summed E-state index contributed by atoms with van der Waals surface area (Å²) >= 11 is 0. The van der Waals surface area contributed by atoms with Crippen molar-refractivity contribution in [2.75, 3.05) is 37.6 Å². The number of nitro groups is 1. The SMILES string of the molecule is CC1CCC(O)(CN2CCN(c3ccc([N+](=O)[O-])cn3)CC2)CC1. The van der Waals surface area contributed by atoms with Gasteiger partial charge in [0.2, 0.25) is 0 Å². The second kappa shape index (κ2) is 7.03. The van der Waals surface area contributed by atoms with E-state index in [0.29, 0.717) is 0 Å². The number of hydrogen-bond donors (Lipinski definition) is 1. The molecule has 0 bridgehead atoms. The average Bonchev–Trinajstić information content (AvgIpc) is 2.59. The highest BCUT2D eigenvalue weighted by Gasteiger charge is 2.34. The molecule has 1 aromatic heterocycles. The minimum Gasteiger partial charge on any atom is -0.389 e. The molecule has 1 N–H and O–H groups in total. The Morgan fingerprint density at radius 2 is 1.96 bits per heavy atom. The Morgan fingerprint density at radius 1 is 1.29 bits per heavy atom. The molecule has 0 aromatic carbocycles. The molecule has 1 saturated carbocycles. The molecule has 1 saturated heterocycles. The molecule has 2 heterocycles. The van der Waals surface area contributed by atoms with Gasteiger partial charge in [0.1, 0.15) is 12.0 Å². The molecular weight excluding hydrogens is 308 g/mol. The van der Waals surface area contributed by atoms with Gasteiger partial charge in [0.05, 0.1) is 10.5 Å². The number of nitrogens with zero attached hydrogens (tertiary/aromatic N) is 4. The van der Waals surface area contributed by atoms with Crippen LogP contribution >= 0.6 is 0 Å². The first-order chi connectivity index (χ1) is 11.5. The van der Waals surface area contributed by atoms with E-state index in [4.69, 9.17) is 0 Å². The lowest BCUT2D eigenvalue weighted by Gasteiger charge is -2.42. The lowest BCUT2D eigenvalue weighted by molar-refractivity contribution is -0.385. The maximum Gasteiger partial charge on any atom is 0.287 e. The summed E-state index contributed by atoms with van der Waals surface area (Å²) in [6, 6.07) is 3.21. The van der Waals surface area contributed by atoms with Crippen LogP contribution in [0.4, 0.5) is 11.5 Å². The fourth-order valence-corrected chi connectivity index (χ4v) is 3.68. The van der Waals surface area contributed by atoms with E-state index in [-0.39, 0.29) is 5.69 Å². The molecule has 0 spiro atoms. The molecule has 1 aliphatic heterocycles. The Bertz CT molecular complexity index is 562. The molecule has 1 aliphatic carbocycles. The van der Waals surface area contributed by atoms with Crippen molar-refractivity contribution in [3.8, 4) is 0 Å². The van der Waals surface area contributed by atoms with Gasteiger partial charge in [0, 0.05) is 38.8 Å². The highest BCUT2D eigenvalue weighted by Crippen LogP contribution is 2.32. The number of aliphatic hydroxyl groups is 1. The number of hydrogen-bond acceptors (Lipinski definition) is 6. The molecule has 3 rings (SSSR count). The molecule has 0 atom stereocenters. The molecule has 7 heteroatoms. The first-order valence-electron chi connectivity index (χ1n) is 8.75. The van der Waals surface area contributed by atoms with Gasteiger partial charge in [0.15, 0.2) is 0 Å². The van der Waals surface area contributed by atoms with Gasteiger partial charge in [-0.15, -0.1) is 0 Å². The van der Waals surface area contributed by atoms with E-state index < -0.39 is 10.5 Å². The van der Waals surface area contributed by atoms with Gasteiger partial charge in [-0.1, -0.05) is 6.92 Å². The van der Waals surface area contributed by atoms with Crippen LogP contribution in [0.25, 0.3) is 0 Å². The first kappa shape index (κ1) is 17.1. The van der Waals surface area contributed by atoms with E-state index in [1.54, 1.807) is 6.07 Å². The third-order valence-electron chi connectivity index (χ3n) is 5.36. The first-order valence-corrected chi connectivity index (χ1v) is 8.75. The van der Waals surface area contributed by atoms with Crippen LogP contribution in [0, 0.1) is 16.0 Å². The number of rotatable bonds is 4. The van der Waals surface area contributed by atoms with Crippen molar-refractivity contribution in [1.29, 1.82) is 0 Å². The Kier molecular flexibility index (Phi) is 5.01. The number of anilines is 1. The largest absolute Gasteiger partial charge is 0.389 e. The van der Waals surface area contributed by atoms with Gasteiger partial charge in [0.25, 0.3) is 5.69 Å². The van der Waals surface area contributed by atoms with Crippen LogP contribution in [-0.4, -0.2) is 58.2 Å². The lowest BCUT2D eigenvalue weighted by Crippen LogP contribution is -2.53. The number of β-amino-alcohol motifs (C(OH)–C–C–N with tert-alkyl or cyclic N) is 1. The third kappa shape index (κ3) is 4.02. The molecule has 2 aliphatic rings. The van der Waals surface area contributed by atoms with Crippen molar-refractivity contribution >= 4 is 11.5 Å². The van der Waals surface area contributed by atoms with E-state index in [2.05, 4.69) is 21.7 Å². The monoisotopic (exact) mass is 334 g/mol. The zero-order chi connectivity index (χ0) is 17.2. The summed E-state index contributed by atoms with van der Waals surface area (Å²) < 4.78 is 0. The van der Waals surface area contributed by atoms with E-state index in [9.17, 15) is 15.2 Å². The molecule has 0 unspecified atom stereocenters. The number of aromatic nitrogens is 1. The fraction of sp³-hybridized carbons (Fsp3) is 0.706. The smallest absolute Gasteiger partial charge is 0.287 e. The highest BCUT2D eigenvalue weighted by molar-refractivity contribution is 5.43. The molecule has 0 amide bonds. The van der Waals surface area contributed by atoms with Crippen molar-refractivity contribution < 1.29 is 10.0 Å². The molecule has 0 radical (unpaired) electrons. The average molecular weight is 334 g/mol. The van der Waals surface area contributed by atoms with Crippen LogP contribution < -0.4 is 4.90 Å². The van der Waals surface area contributed by atoms with Crippen molar-refractivity contribution in [1.82, 2.24) is 9.88 Å². The highest BCUT2D eigenvalue weighted by atomic mass is 16.6. The van der Waals surface area contributed by atoms with Gasteiger partial charge >= 0.3 is 0 Å². The van der Waals surface area contributed by atoms with Crippen LogP contribution in [0.15, 0.2) is 18.3 Å². The van der Waals surface area contributed by atoms with E-state index in [0.717, 1.165) is 70.1 Å². The maximum atomic E-state index is 10.8. The Hall–Kier alpha value is -1.73. The molecule has 7 nitrogen and oxygen atoms in total. The van der Waals surface area contributed by atoms with Crippen LogP contribution in [0.5, 0.6) is 0 Å². The summed E-state index contributed by atoms with van der Waals surface area (Å²) in [4.78, 5) is 18.9. The van der Waals surface area contributed by atoms with Crippen LogP contribution in [-0.2, 0) is 0 Å². The summed E-state index contributed by atoms with van der Waals surface area (Å²) in [6.45, 7) is 6.44. The van der Waals surface area contributed by atoms with Crippen LogP contribution in [0.1, 0.15) is 32.6 Å². The Balaban J connectivity index is 1.51. The second-order valence-electron chi connectivity index (χ2n) is 7.30. The van der Waals surface area contributed by atoms with E-state index >= 15 is 0 Å².